The minimum Gasteiger partial charge on any atom is -0.384 e. The van der Waals surface area contributed by atoms with Gasteiger partial charge in [0, 0.05) is 29.7 Å². The molecule has 2 rings (SSSR count). The molecule has 0 spiro atoms. The summed E-state index contributed by atoms with van der Waals surface area (Å²) in [4.78, 5) is 14.1. The van der Waals surface area contributed by atoms with Crippen molar-refractivity contribution in [3.63, 3.8) is 0 Å². The topological polar surface area (TPSA) is 40.5 Å². The molecular weight excluding hydrogens is 289 g/mol. The van der Waals surface area contributed by atoms with Gasteiger partial charge in [-0.2, -0.15) is 11.8 Å². The van der Waals surface area contributed by atoms with E-state index in [1.165, 1.54) is 12.1 Å². The first-order valence-corrected chi connectivity index (χ1v) is 8.00. The summed E-state index contributed by atoms with van der Waals surface area (Å²) in [5, 5.41) is 9.06. The summed E-state index contributed by atoms with van der Waals surface area (Å²) in [7, 11) is 0. The number of aliphatic hydroxyl groups is 1. The number of carbonyl (C=O) groups excluding carboxylic acids is 1. The molecule has 1 aromatic carbocycles. The molecule has 0 aromatic heterocycles. The molecular formula is C16H18FNO2S. The van der Waals surface area contributed by atoms with Gasteiger partial charge < -0.3 is 10.0 Å². The Balaban J connectivity index is 2.15. The number of amides is 1. The lowest BCUT2D eigenvalue weighted by atomic mass is 10.1. The predicted molar refractivity (Wildman–Crippen MR) is 82.8 cm³/mol. The van der Waals surface area contributed by atoms with Gasteiger partial charge in [0.15, 0.2) is 0 Å². The quantitative estimate of drug-likeness (QED) is 0.851. The third-order valence-electron chi connectivity index (χ3n) is 3.39. The Kier molecular flexibility index (Phi) is 5.66. The van der Waals surface area contributed by atoms with Gasteiger partial charge in [-0.05, 0) is 24.6 Å². The first-order chi connectivity index (χ1) is 10.2. The van der Waals surface area contributed by atoms with E-state index in [1.807, 2.05) is 11.8 Å². The molecule has 1 aliphatic rings. The first kappa shape index (κ1) is 15.9. The van der Waals surface area contributed by atoms with Crippen LogP contribution < -0.4 is 0 Å². The van der Waals surface area contributed by atoms with E-state index in [1.54, 1.807) is 11.0 Å². The van der Waals surface area contributed by atoms with Crippen LogP contribution in [-0.2, 0) is 0 Å². The standard InChI is InChI=1S/C16H18FNO2S/c1-2-13-11-18(7-9-21-13)16(20)14-6-5-12(4-3-8-19)10-15(14)17/h5-6,10,13,19H,2,7-9,11H2,1H3. The SMILES string of the molecule is CCC1CN(C(=O)c2ccc(C#CCO)cc2F)CCS1. The molecule has 1 fully saturated rings. The zero-order valence-electron chi connectivity index (χ0n) is 11.9. The van der Waals surface area contributed by atoms with E-state index in [0.29, 0.717) is 23.9 Å². The Labute approximate surface area is 128 Å². The van der Waals surface area contributed by atoms with Crippen molar-refractivity contribution < 1.29 is 14.3 Å². The summed E-state index contributed by atoms with van der Waals surface area (Å²) in [6, 6.07) is 4.32. The van der Waals surface area contributed by atoms with Crippen LogP contribution in [0.4, 0.5) is 4.39 Å². The van der Waals surface area contributed by atoms with Gasteiger partial charge in [-0.25, -0.2) is 4.39 Å². The molecule has 0 aliphatic carbocycles. The molecule has 1 N–H and O–H groups in total. The van der Waals surface area contributed by atoms with Crippen molar-refractivity contribution in [2.45, 2.75) is 18.6 Å². The maximum absolute atomic E-state index is 14.1. The third kappa shape index (κ3) is 3.99. The van der Waals surface area contributed by atoms with Gasteiger partial charge in [0.1, 0.15) is 12.4 Å². The lowest BCUT2D eigenvalue weighted by molar-refractivity contribution is 0.0756. The average molecular weight is 307 g/mol. The van der Waals surface area contributed by atoms with Crippen LogP contribution in [0.2, 0.25) is 0 Å². The molecule has 1 atom stereocenters. The van der Waals surface area contributed by atoms with Crippen molar-refractivity contribution in [1.82, 2.24) is 4.90 Å². The van der Waals surface area contributed by atoms with Crippen LogP contribution in [-0.4, -0.2) is 46.6 Å². The van der Waals surface area contributed by atoms with Crippen molar-refractivity contribution in [1.29, 1.82) is 0 Å². The van der Waals surface area contributed by atoms with Crippen molar-refractivity contribution >= 4 is 17.7 Å². The molecule has 1 heterocycles. The molecule has 1 unspecified atom stereocenters. The van der Waals surface area contributed by atoms with Gasteiger partial charge in [-0.1, -0.05) is 18.8 Å². The summed E-state index contributed by atoms with van der Waals surface area (Å²) in [5.74, 6) is 5.17. The van der Waals surface area contributed by atoms with Gasteiger partial charge in [0.2, 0.25) is 0 Å². The average Bonchev–Trinajstić information content (AvgIpc) is 2.52. The number of halogens is 1. The molecule has 0 radical (unpaired) electrons. The van der Waals surface area contributed by atoms with Crippen molar-refractivity contribution in [2.75, 3.05) is 25.4 Å². The number of rotatable bonds is 2. The summed E-state index contributed by atoms with van der Waals surface area (Å²) < 4.78 is 14.1. The Morgan fingerprint density at radius 3 is 3.05 bits per heavy atom. The van der Waals surface area contributed by atoms with Gasteiger partial charge in [0.05, 0.1) is 5.56 Å². The smallest absolute Gasteiger partial charge is 0.256 e. The zero-order valence-corrected chi connectivity index (χ0v) is 12.8. The monoisotopic (exact) mass is 307 g/mol. The highest BCUT2D eigenvalue weighted by molar-refractivity contribution is 8.00. The van der Waals surface area contributed by atoms with Crippen molar-refractivity contribution in [2.24, 2.45) is 0 Å². The van der Waals surface area contributed by atoms with Crippen LogP contribution in [0, 0.1) is 17.7 Å². The summed E-state index contributed by atoms with van der Waals surface area (Å²) in [6.45, 7) is 3.16. The van der Waals surface area contributed by atoms with Gasteiger partial charge in [-0.15, -0.1) is 0 Å². The molecule has 1 saturated heterocycles. The fourth-order valence-electron chi connectivity index (χ4n) is 2.23. The molecule has 1 aromatic rings. The number of carbonyl (C=O) groups is 1. The molecule has 3 nitrogen and oxygen atoms in total. The maximum atomic E-state index is 14.1. The second kappa shape index (κ2) is 7.48. The Morgan fingerprint density at radius 1 is 1.57 bits per heavy atom. The number of aliphatic hydroxyl groups excluding tert-OH is 1. The molecule has 1 aliphatic heterocycles. The second-order valence-electron chi connectivity index (χ2n) is 4.81. The van der Waals surface area contributed by atoms with E-state index >= 15 is 0 Å². The number of benzene rings is 1. The Bertz CT molecular complexity index is 579. The molecule has 5 heteroatoms. The highest BCUT2D eigenvalue weighted by Crippen LogP contribution is 2.23. The minimum absolute atomic E-state index is 0.0892. The molecule has 1 amide bonds. The lowest BCUT2D eigenvalue weighted by Gasteiger charge is -2.32. The van der Waals surface area contributed by atoms with Crippen LogP contribution in [0.5, 0.6) is 0 Å². The number of hydrogen-bond acceptors (Lipinski definition) is 3. The molecule has 0 saturated carbocycles. The lowest BCUT2D eigenvalue weighted by Crippen LogP contribution is -2.42. The number of thioether (sulfide) groups is 1. The van der Waals surface area contributed by atoms with E-state index in [4.69, 9.17) is 5.11 Å². The van der Waals surface area contributed by atoms with E-state index in [2.05, 4.69) is 18.8 Å². The minimum atomic E-state index is -0.559. The summed E-state index contributed by atoms with van der Waals surface area (Å²) in [6.07, 6.45) is 1.01. The third-order valence-corrected chi connectivity index (χ3v) is 4.76. The van der Waals surface area contributed by atoms with Gasteiger partial charge in [0.25, 0.3) is 5.91 Å². The molecule has 112 valence electrons. The first-order valence-electron chi connectivity index (χ1n) is 6.95. The van der Waals surface area contributed by atoms with E-state index in [9.17, 15) is 9.18 Å². The largest absolute Gasteiger partial charge is 0.384 e. The van der Waals surface area contributed by atoms with E-state index in [0.717, 1.165) is 12.2 Å². The number of hydrogen-bond donors (Lipinski definition) is 1. The van der Waals surface area contributed by atoms with Gasteiger partial charge in [-0.3, -0.25) is 4.79 Å². The zero-order chi connectivity index (χ0) is 15.2. The van der Waals surface area contributed by atoms with Crippen LogP contribution in [0.25, 0.3) is 0 Å². The summed E-state index contributed by atoms with van der Waals surface area (Å²) in [5.41, 5.74) is 0.546. The molecule has 21 heavy (non-hydrogen) atoms. The maximum Gasteiger partial charge on any atom is 0.256 e. The number of nitrogens with zero attached hydrogens (tertiary/aromatic N) is 1. The summed E-state index contributed by atoms with van der Waals surface area (Å²) >= 11 is 1.87. The van der Waals surface area contributed by atoms with Crippen LogP contribution in [0.15, 0.2) is 18.2 Å². The van der Waals surface area contributed by atoms with E-state index < -0.39 is 5.82 Å². The fourth-order valence-corrected chi connectivity index (χ4v) is 3.41. The van der Waals surface area contributed by atoms with Gasteiger partial charge >= 0.3 is 0 Å². The normalized spacial score (nSPS) is 18.0. The van der Waals surface area contributed by atoms with Crippen LogP contribution in [0.3, 0.4) is 0 Å². The predicted octanol–water partition coefficient (Wildman–Crippen LogP) is 2.14. The highest BCUT2D eigenvalue weighted by Gasteiger charge is 2.25. The Hall–Kier alpha value is -1.51. The van der Waals surface area contributed by atoms with Crippen molar-refractivity contribution in [3.8, 4) is 11.8 Å². The van der Waals surface area contributed by atoms with E-state index in [-0.39, 0.29) is 18.1 Å². The highest BCUT2D eigenvalue weighted by atomic mass is 32.2. The van der Waals surface area contributed by atoms with Crippen LogP contribution >= 0.6 is 11.8 Å². The van der Waals surface area contributed by atoms with Crippen molar-refractivity contribution in [3.05, 3.63) is 35.1 Å². The fraction of sp³-hybridized carbons (Fsp3) is 0.438. The molecule has 0 bridgehead atoms. The Morgan fingerprint density at radius 2 is 2.38 bits per heavy atom. The second-order valence-corrected chi connectivity index (χ2v) is 6.21. The van der Waals surface area contributed by atoms with Crippen LogP contribution in [0.1, 0.15) is 29.3 Å².